The van der Waals surface area contributed by atoms with E-state index in [1.54, 1.807) is 16.8 Å². The molecule has 1 N–H and O–H groups in total. The van der Waals surface area contributed by atoms with Crippen molar-refractivity contribution < 1.29 is 14.1 Å². The molecule has 1 aromatic heterocycles. The number of aromatic nitrogens is 1. The zero-order valence-electron chi connectivity index (χ0n) is 11.0. The van der Waals surface area contributed by atoms with E-state index in [-0.39, 0.29) is 11.4 Å². The molecule has 0 bridgehead atoms. The van der Waals surface area contributed by atoms with E-state index < -0.39 is 16.6 Å². The number of hydrogen-bond acceptors (Lipinski definition) is 3. The third-order valence-electron chi connectivity index (χ3n) is 2.85. The fourth-order valence-corrected chi connectivity index (χ4v) is 2.30. The van der Waals surface area contributed by atoms with Crippen LogP contribution in [-0.2, 0) is 6.54 Å². The van der Waals surface area contributed by atoms with Crippen molar-refractivity contribution in [2.75, 3.05) is 5.32 Å². The molecule has 0 aliphatic heterocycles. The van der Waals surface area contributed by atoms with Crippen molar-refractivity contribution in [3.63, 3.8) is 0 Å². The Kier molecular flexibility index (Phi) is 4.37. The minimum Gasteiger partial charge on any atom is -0.343 e. The number of amides is 1. The van der Waals surface area contributed by atoms with Gasteiger partial charge in [0, 0.05) is 29.3 Å². The summed E-state index contributed by atoms with van der Waals surface area (Å²) in [6.07, 6.45) is 1.72. The van der Waals surface area contributed by atoms with E-state index in [9.17, 15) is 19.3 Å². The Morgan fingerprint density at radius 3 is 2.81 bits per heavy atom. The maximum Gasteiger partial charge on any atom is 0.272 e. The maximum absolute atomic E-state index is 13.6. The van der Waals surface area contributed by atoms with Gasteiger partial charge >= 0.3 is 0 Å². The second-order valence-corrected chi connectivity index (χ2v) is 5.12. The van der Waals surface area contributed by atoms with Gasteiger partial charge in [-0.05, 0) is 35.0 Å². The van der Waals surface area contributed by atoms with Gasteiger partial charge in [-0.15, -0.1) is 0 Å². The summed E-state index contributed by atoms with van der Waals surface area (Å²) in [7, 11) is 0. The van der Waals surface area contributed by atoms with Gasteiger partial charge in [0.25, 0.3) is 11.6 Å². The molecule has 2 aromatic rings. The van der Waals surface area contributed by atoms with Gasteiger partial charge in [0.05, 0.1) is 10.6 Å². The molecule has 0 atom stereocenters. The first kappa shape index (κ1) is 15.2. The number of hydrogen-bond donors (Lipinski definition) is 1. The molecule has 110 valence electrons. The van der Waals surface area contributed by atoms with Crippen LogP contribution in [0.5, 0.6) is 0 Å². The normalized spacial score (nSPS) is 10.4. The number of carbonyl (C=O) groups excluding carboxylic acids is 1. The number of anilines is 1. The molecule has 1 heterocycles. The highest BCUT2D eigenvalue weighted by Crippen LogP contribution is 2.23. The lowest BCUT2D eigenvalue weighted by Gasteiger charge is -2.08. The molecule has 0 fully saturated rings. The van der Waals surface area contributed by atoms with Gasteiger partial charge < -0.3 is 9.88 Å². The Balaban J connectivity index is 2.31. The average Bonchev–Trinajstić information content (AvgIpc) is 2.82. The number of non-ortho nitro benzene ring substituents is 1. The minimum absolute atomic E-state index is 0.228. The first-order valence-corrected chi connectivity index (χ1v) is 6.82. The monoisotopic (exact) mass is 355 g/mol. The fourth-order valence-electron chi connectivity index (χ4n) is 1.84. The molecule has 1 amide bonds. The number of aryl methyl sites for hydroxylation is 1. The summed E-state index contributed by atoms with van der Waals surface area (Å²) in [6.45, 7) is 2.42. The summed E-state index contributed by atoms with van der Waals surface area (Å²) < 4.78 is 16.0. The summed E-state index contributed by atoms with van der Waals surface area (Å²) in [6, 6.07) is 4.56. The summed E-state index contributed by atoms with van der Waals surface area (Å²) in [4.78, 5) is 22.2. The molecule has 0 unspecified atom stereocenters. The smallest absolute Gasteiger partial charge is 0.272 e. The molecular formula is C13H11BrFN3O3. The number of benzene rings is 1. The quantitative estimate of drug-likeness (QED) is 0.672. The van der Waals surface area contributed by atoms with Gasteiger partial charge in [-0.1, -0.05) is 0 Å². The molecule has 0 saturated heterocycles. The van der Waals surface area contributed by atoms with Gasteiger partial charge in [0.1, 0.15) is 11.5 Å². The van der Waals surface area contributed by atoms with Crippen molar-refractivity contribution in [2.24, 2.45) is 0 Å². The maximum atomic E-state index is 13.6. The molecule has 6 nitrogen and oxygen atoms in total. The van der Waals surface area contributed by atoms with Crippen molar-refractivity contribution in [1.29, 1.82) is 0 Å². The van der Waals surface area contributed by atoms with Crippen LogP contribution in [0.3, 0.4) is 0 Å². The van der Waals surface area contributed by atoms with E-state index in [4.69, 9.17) is 0 Å². The van der Waals surface area contributed by atoms with Gasteiger partial charge in [0.2, 0.25) is 0 Å². The van der Waals surface area contributed by atoms with Crippen LogP contribution in [0.4, 0.5) is 15.8 Å². The summed E-state index contributed by atoms with van der Waals surface area (Å²) >= 11 is 3.26. The van der Waals surface area contributed by atoms with Gasteiger partial charge in [-0.3, -0.25) is 14.9 Å². The summed E-state index contributed by atoms with van der Waals surface area (Å²) in [5.41, 5.74) is -0.191. The molecule has 1 aromatic carbocycles. The number of nitro groups is 1. The number of nitro benzene ring substituents is 1. The van der Waals surface area contributed by atoms with E-state index >= 15 is 0 Å². The van der Waals surface area contributed by atoms with Crippen molar-refractivity contribution >= 4 is 33.2 Å². The van der Waals surface area contributed by atoms with Crippen LogP contribution in [0, 0.1) is 15.9 Å². The molecule has 0 aliphatic carbocycles. The third-order valence-corrected chi connectivity index (χ3v) is 3.28. The number of rotatable bonds is 4. The molecule has 0 radical (unpaired) electrons. The predicted octanol–water partition coefficient (Wildman–Crippen LogP) is 3.57. The van der Waals surface area contributed by atoms with Crippen molar-refractivity contribution in [2.45, 2.75) is 13.5 Å². The topological polar surface area (TPSA) is 77.2 Å². The van der Waals surface area contributed by atoms with Crippen LogP contribution in [0.25, 0.3) is 0 Å². The summed E-state index contributed by atoms with van der Waals surface area (Å²) in [5, 5.41) is 13.0. The highest BCUT2D eigenvalue weighted by atomic mass is 79.9. The highest BCUT2D eigenvalue weighted by molar-refractivity contribution is 9.10. The van der Waals surface area contributed by atoms with E-state index in [1.165, 1.54) is 0 Å². The van der Waals surface area contributed by atoms with Gasteiger partial charge in [-0.2, -0.15) is 0 Å². The Bertz CT molecular complexity index is 715. The zero-order chi connectivity index (χ0) is 15.6. The second-order valence-electron chi connectivity index (χ2n) is 4.20. The largest absolute Gasteiger partial charge is 0.343 e. The Labute approximate surface area is 127 Å². The number of carbonyl (C=O) groups is 1. The molecule has 2 rings (SSSR count). The molecular weight excluding hydrogens is 345 g/mol. The van der Waals surface area contributed by atoms with Crippen molar-refractivity contribution in [1.82, 2.24) is 4.57 Å². The van der Waals surface area contributed by atoms with Gasteiger partial charge in [0.15, 0.2) is 0 Å². The molecule has 0 aliphatic rings. The lowest BCUT2D eigenvalue weighted by Crippen LogP contribution is -2.17. The molecule has 21 heavy (non-hydrogen) atoms. The molecule has 0 spiro atoms. The van der Waals surface area contributed by atoms with Crippen LogP contribution in [0.2, 0.25) is 0 Å². The number of halogens is 2. The van der Waals surface area contributed by atoms with Crippen LogP contribution in [0.15, 0.2) is 34.9 Å². The lowest BCUT2D eigenvalue weighted by atomic mass is 10.2. The van der Waals surface area contributed by atoms with E-state index in [0.717, 1.165) is 18.2 Å². The first-order chi connectivity index (χ1) is 9.92. The fraction of sp³-hybridized carbons (Fsp3) is 0.154. The predicted molar refractivity (Wildman–Crippen MR) is 78.8 cm³/mol. The van der Waals surface area contributed by atoms with E-state index in [0.29, 0.717) is 16.7 Å². The minimum atomic E-state index is -0.734. The van der Waals surface area contributed by atoms with Crippen molar-refractivity contribution in [3.8, 4) is 0 Å². The summed E-state index contributed by atoms with van der Waals surface area (Å²) in [5.74, 6) is -1.27. The Morgan fingerprint density at radius 2 is 2.19 bits per heavy atom. The lowest BCUT2D eigenvalue weighted by molar-refractivity contribution is -0.384. The highest BCUT2D eigenvalue weighted by Gasteiger charge is 2.16. The van der Waals surface area contributed by atoms with Crippen LogP contribution < -0.4 is 5.32 Å². The molecule has 0 saturated carbocycles. The second kappa shape index (κ2) is 6.04. The SMILES string of the molecule is CCn1cc(Br)cc1C(=O)Nc1cc([N+](=O)[O-])ccc1F. The van der Waals surface area contributed by atoms with E-state index in [1.807, 2.05) is 6.92 Å². The van der Waals surface area contributed by atoms with Crippen molar-refractivity contribution in [3.05, 3.63) is 56.6 Å². The van der Waals surface area contributed by atoms with Crippen LogP contribution in [-0.4, -0.2) is 15.4 Å². The standard InChI is InChI=1S/C13H11BrFN3O3/c1-2-17-7-8(14)5-12(17)13(19)16-11-6-9(18(20)21)3-4-10(11)15/h3-7H,2H2,1H3,(H,16,19). The third kappa shape index (κ3) is 3.27. The molecule has 8 heteroatoms. The first-order valence-electron chi connectivity index (χ1n) is 6.03. The van der Waals surface area contributed by atoms with Crippen LogP contribution >= 0.6 is 15.9 Å². The Hall–Kier alpha value is -2.22. The van der Waals surface area contributed by atoms with Crippen LogP contribution in [0.1, 0.15) is 17.4 Å². The Morgan fingerprint density at radius 1 is 1.48 bits per heavy atom. The average molecular weight is 356 g/mol. The van der Waals surface area contributed by atoms with E-state index in [2.05, 4.69) is 21.2 Å². The zero-order valence-corrected chi connectivity index (χ0v) is 12.6. The van der Waals surface area contributed by atoms with Gasteiger partial charge in [-0.25, -0.2) is 4.39 Å². The number of nitrogens with one attached hydrogen (secondary N) is 1. The number of nitrogens with zero attached hydrogens (tertiary/aromatic N) is 2.